The first kappa shape index (κ1) is 23.5. The molecule has 1 aromatic heterocycles. The first-order chi connectivity index (χ1) is 16.4. The van der Waals surface area contributed by atoms with Gasteiger partial charge in [-0.05, 0) is 74.2 Å². The van der Waals surface area contributed by atoms with Crippen LogP contribution in [0.25, 0.3) is 10.9 Å². The Balaban J connectivity index is 1.33. The summed E-state index contributed by atoms with van der Waals surface area (Å²) in [7, 11) is 0. The van der Waals surface area contributed by atoms with Gasteiger partial charge in [0.1, 0.15) is 11.6 Å². The van der Waals surface area contributed by atoms with Crippen molar-refractivity contribution in [2.24, 2.45) is 5.92 Å². The van der Waals surface area contributed by atoms with Crippen LogP contribution in [0.3, 0.4) is 0 Å². The molecule has 7 nitrogen and oxygen atoms in total. The number of carbonyl (C=O) groups excluding carboxylic acids is 2. The third-order valence-corrected chi connectivity index (χ3v) is 6.21. The number of amides is 2. The van der Waals surface area contributed by atoms with E-state index in [1.807, 2.05) is 49.4 Å². The van der Waals surface area contributed by atoms with Gasteiger partial charge in [0.15, 0.2) is 0 Å². The van der Waals surface area contributed by atoms with Crippen LogP contribution in [-0.4, -0.2) is 36.5 Å². The molecule has 178 valence electrons. The van der Waals surface area contributed by atoms with E-state index in [-0.39, 0.29) is 17.7 Å². The highest BCUT2D eigenvalue weighted by Gasteiger charge is 2.25. The lowest BCUT2D eigenvalue weighted by atomic mass is 9.95. The molecule has 1 fully saturated rings. The molecule has 2 amide bonds. The third-order valence-electron chi connectivity index (χ3n) is 6.21. The molecule has 2 heterocycles. The van der Waals surface area contributed by atoms with Gasteiger partial charge in [-0.1, -0.05) is 12.1 Å². The highest BCUT2D eigenvalue weighted by molar-refractivity contribution is 5.93. The molecule has 0 atom stereocenters. The van der Waals surface area contributed by atoms with Crippen molar-refractivity contribution in [3.05, 3.63) is 59.7 Å². The number of pyridine rings is 1. The summed E-state index contributed by atoms with van der Waals surface area (Å²) in [6, 6.07) is 15.7. The molecule has 0 saturated carbocycles. The van der Waals surface area contributed by atoms with Gasteiger partial charge in [0.25, 0.3) is 0 Å². The van der Waals surface area contributed by atoms with Crippen LogP contribution in [-0.2, 0) is 16.1 Å². The average Bonchev–Trinajstić information content (AvgIpc) is 2.83. The molecule has 3 aromatic rings. The van der Waals surface area contributed by atoms with Gasteiger partial charge in [-0.3, -0.25) is 9.59 Å². The Bertz CT molecular complexity index is 1170. The minimum Gasteiger partial charge on any atom is -0.494 e. The number of fused-ring (bicyclic) bond motifs is 1. The van der Waals surface area contributed by atoms with Crippen LogP contribution < -0.4 is 20.3 Å². The second kappa shape index (κ2) is 10.5. The first-order valence-electron chi connectivity index (χ1n) is 11.9. The summed E-state index contributed by atoms with van der Waals surface area (Å²) in [5.41, 5.74) is 3.85. The van der Waals surface area contributed by atoms with E-state index in [0.717, 1.165) is 65.2 Å². The van der Waals surface area contributed by atoms with Gasteiger partial charge in [0.05, 0.1) is 12.1 Å². The van der Waals surface area contributed by atoms with Crippen LogP contribution in [0.1, 0.15) is 37.8 Å². The number of hydrogen-bond donors (Lipinski definition) is 2. The fourth-order valence-electron chi connectivity index (χ4n) is 4.39. The first-order valence-corrected chi connectivity index (χ1v) is 11.9. The van der Waals surface area contributed by atoms with E-state index in [2.05, 4.69) is 28.5 Å². The molecule has 4 rings (SSSR count). The van der Waals surface area contributed by atoms with E-state index in [0.29, 0.717) is 13.2 Å². The van der Waals surface area contributed by atoms with Crippen LogP contribution in [0.15, 0.2) is 48.5 Å². The largest absolute Gasteiger partial charge is 0.494 e. The zero-order valence-corrected chi connectivity index (χ0v) is 20.1. The Hall–Kier alpha value is -3.61. The number of benzene rings is 2. The molecule has 34 heavy (non-hydrogen) atoms. The van der Waals surface area contributed by atoms with Gasteiger partial charge in [-0.2, -0.15) is 0 Å². The smallest absolute Gasteiger partial charge is 0.223 e. The minimum atomic E-state index is -0.0898. The molecule has 1 saturated heterocycles. The number of aromatic nitrogens is 1. The predicted octanol–water partition coefficient (Wildman–Crippen LogP) is 4.43. The number of aryl methyl sites for hydroxylation is 1. The van der Waals surface area contributed by atoms with Crippen LogP contribution in [0.5, 0.6) is 5.75 Å². The summed E-state index contributed by atoms with van der Waals surface area (Å²) < 4.78 is 5.47. The van der Waals surface area contributed by atoms with Crippen LogP contribution in [0, 0.1) is 12.8 Å². The molecule has 7 heteroatoms. The lowest BCUT2D eigenvalue weighted by Gasteiger charge is -2.32. The molecule has 0 unspecified atom stereocenters. The maximum Gasteiger partial charge on any atom is 0.223 e. The lowest BCUT2D eigenvalue weighted by molar-refractivity contribution is -0.125. The fourth-order valence-corrected chi connectivity index (χ4v) is 4.39. The Morgan fingerprint density at radius 1 is 1.09 bits per heavy atom. The maximum atomic E-state index is 12.7. The second-order valence-electron chi connectivity index (χ2n) is 8.77. The molecule has 0 bridgehead atoms. The van der Waals surface area contributed by atoms with E-state index in [4.69, 9.17) is 9.72 Å². The molecule has 0 aliphatic carbocycles. The number of nitrogens with zero attached hydrogens (tertiary/aromatic N) is 2. The zero-order chi connectivity index (χ0) is 24.1. The quantitative estimate of drug-likeness (QED) is 0.545. The van der Waals surface area contributed by atoms with Crippen molar-refractivity contribution in [3.63, 3.8) is 0 Å². The molecule has 2 N–H and O–H groups in total. The Morgan fingerprint density at radius 2 is 1.82 bits per heavy atom. The highest BCUT2D eigenvalue weighted by Crippen LogP contribution is 2.28. The van der Waals surface area contributed by atoms with Crippen molar-refractivity contribution in [2.45, 2.75) is 40.2 Å². The second-order valence-corrected chi connectivity index (χ2v) is 8.77. The van der Waals surface area contributed by atoms with Crippen LogP contribution >= 0.6 is 0 Å². The van der Waals surface area contributed by atoms with E-state index in [1.54, 1.807) is 0 Å². The van der Waals surface area contributed by atoms with Gasteiger partial charge in [-0.25, -0.2) is 4.98 Å². The normalized spacial score (nSPS) is 14.1. The summed E-state index contributed by atoms with van der Waals surface area (Å²) >= 11 is 0. The lowest BCUT2D eigenvalue weighted by Crippen LogP contribution is -2.40. The molecule has 1 aliphatic heterocycles. The highest BCUT2D eigenvalue weighted by atomic mass is 16.5. The van der Waals surface area contributed by atoms with E-state index in [1.165, 1.54) is 6.92 Å². The Morgan fingerprint density at radius 3 is 2.50 bits per heavy atom. The number of rotatable bonds is 7. The SMILES string of the molecule is CCOc1ccc(CNC(=O)C2CCN(c3cc(C)c4cc(NC(C)=O)ccc4n3)CC2)cc1. The number of anilines is 2. The van der Waals surface area contributed by atoms with Crippen molar-refractivity contribution in [2.75, 3.05) is 29.9 Å². The van der Waals surface area contributed by atoms with Crippen molar-refractivity contribution in [1.82, 2.24) is 10.3 Å². The Labute approximate surface area is 200 Å². The molecule has 0 radical (unpaired) electrons. The van der Waals surface area contributed by atoms with Crippen molar-refractivity contribution >= 4 is 34.2 Å². The molecule has 0 spiro atoms. The minimum absolute atomic E-state index is 0.0146. The maximum absolute atomic E-state index is 12.7. The van der Waals surface area contributed by atoms with E-state index >= 15 is 0 Å². The molecule has 2 aromatic carbocycles. The standard InChI is InChI=1S/C27H32N4O3/c1-4-34-23-8-5-20(6-9-23)17-28-27(33)21-11-13-31(14-12-21)26-15-18(2)24-16-22(29-19(3)32)7-10-25(24)30-26/h5-10,15-16,21H,4,11-14,17H2,1-3H3,(H,28,33)(H,29,32). The van der Waals surface area contributed by atoms with Gasteiger partial charge in [0, 0.05) is 43.5 Å². The Kier molecular flexibility index (Phi) is 7.30. The van der Waals surface area contributed by atoms with Crippen LogP contribution in [0.2, 0.25) is 0 Å². The van der Waals surface area contributed by atoms with Crippen molar-refractivity contribution in [1.29, 1.82) is 0 Å². The van der Waals surface area contributed by atoms with Crippen molar-refractivity contribution in [3.8, 4) is 5.75 Å². The number of piperidine rings is 1. The summed E-state index contributed by atoms with van der Waals surface area (Å²) in [5.74, 6) is 1.82. The van der Waals surface area contributed by atoms with Crippen molar-refractivity contribution < 1.29 is 14.3 Å². The molecular weight excluding hydrogens is 428 g/mol. The monoisotopic (exact) mass is 460 g/mol. The van der Waals surface area contributed by atoms with Crippen LogP contribution in [0.4, 0.5) is 11.5 Å². The number of ether oxygens (including phenoxy) is 1. The number of nitrogens with one attached hydrogen (secondary N) is 2. The molecular formula is C27H32N4O3. The summed E-state index contributed by atoms with van der Waals surface area (Å²) in [6.45, 7) is 8.28. The zero-order valence-electron chi connectivity index (χ0n) is 20.1. The predicted molar refractivity (Wildman–Crippen MR) is 135 cm³/mol. The van der Waals surface area contributed by atoms with Gasteiger partial charge >= 0.3 is 0 Å². The topological polar surface area (TPSA) is 83.6 Å². The van der Waals surface area contributed by atoms with Gasteiger partial charge < -0.3 is 20.3 Å². The number of hydrogen-bond acceptors (Lipinski definition) is 5. The third kappa shape index (κ3) is 5.65. The van der Waals surface area contributed by atoms with Gasteiger partial charge in [-0.15, -0.1) is 0 Å². The summed E-state index contributed by atoms with van der Waals surface area (Å²) in [6.07, 6.45) is 1.60. The average molecular weight is 461 g/mol. The fraction of sp³-hybridized carbons (Fsp3) is 0.370. The van der Waals surface area contributed by atoms with E-state index < -0.39 is 0 Å². The summed E-state index contributed by atoms with van der Waals surface area (Å²) in [4.78, 5) is 31.2. The molecule has 1 aliphatic rings. The van der Waals surface area contributed by atoms with E-state index in [9.17, 15) is 9.59 Å². The van der Waals surface area contributed by atoms with Gasteiger partial charge in [0.2, 0.25) is 11.8 Å². The summed E-state index contributed by atoms with van der Waals surface area (Å²) in [5, 5.41) is 6.93. The number of carbonyl (C=O) groups is 2.